The molecule has 0 bridgehead atoms. The van der Waals surface area contributed by atoms with Gasteiger partial charge < -0.3 is 18.9 Å². The molecule has 8 nitrogen and oxygen atoms in total. The zero-order valence-electron chi connectivity index (χ0n) is 20.6. The topological polar surface area (TPSA) is 88.3 Å². The van der Waals surface area contributed by atoms with Crippen LogP contribution >= 0.6 is 11.3 Å². The maximum absolute atomic E-state index is 13.7. The van der Waals surface area contributed by atoms with E-state index in [0.29, 0.717) is 46.2 Å². The SMILES string of the molecule is CCOc1cccc(/C=c2/sc3n(c2=O)[C@H](c2ccc(OCC)c(OCC)c2)C(C(=O)OC)=CN=3)c1. The van der Waals surface area contributed by atoms with Gasteiger partial charge in [-0.25, -0.2) is 9.79 Å². The molecule has 9 heteroatoms. The number of hydrogen-bond acceptors (Lipinski definition) is 8. The van der Waals surface area contributed by atoms with Crippen LogP contribution in [0.5, 0.6) is 17.2 Å². The lowest BCUT2D eigenvalue weighted by Crippen LogP contribution is -2.39. The molecular formula is C27H28N2O6S. The minimum absolute atomic E-state index is 0.251. The van der Waals surface area contributed by atoms with Gasteiger partial charge in [-0.05, 0) is 62.2 Å². The highest BCUT2D eigenvalue weighted by atomic mass is 32.1. The van der Waals surface area contributed by atoms with E-state index in [1.807, 2.05) is 51.1 Å². The van der Waals surface area contributed by atoms with Crippen LogP contribution in [0.4, 0.5) is 0 Å². The van der Waals surface area contributed by atoms with Gasteiger partial charge >= 0.3 is 5.97 Å². The molecule has 0 N–H and O–H groups in total. The first kappa shape index (κ1) is 25.2. The molecule has 2 aromatic carbocycles. The van der Waals surface area contributed by atoms with Crippen molar-refractivity contribution in [2.24, 2.45) is 4.99 Å². The molecule has 0 amide bonds. The van der Waals surface area contributed by atoms with Gasteiger partial charge in [-0.3, -0.25) is 9.36 Å². The zero-order valence-corrected chi connectivity index (χ0v) is 21.5. The molecule has 1 aliphatic rings. The smallest absolute Gasteiger partial charge is 0.337 e. The van der Waals surface area contributed by atoms with Crippen molar-refractivity contribution in [3.8, 4) is 17.2 Å². The second kappa shape index (κ2) is 11.3. The third-order valence-corrected chi connectivity index (χ3v) is 6.47. The number of hydrogen-bond donors (Lipinski definition) is 0. The van der Waals surface area contributed by atoms with Crippen LogP contribution in [0.2, 0.25) is 0 Å². The van der Waals surface area contributed by atoms with Gasteiger partial charge in [0.25, 0.3) is 5.56 Å². The number of carbonyl (C=O) groups excluding carboxylic acids is 1. The first-order chi connectivity index (χ1) is 17.5. The van der Waals surface area contributed by atoms with E-state index in [4.69, 9.17) is 18.9 Å². The number of thiazole rings is 1. The summed E-state index contributed by atoms with van der Waals surface area (Å²) in [5, 5.41) is 0. The van der Waals surface area contributed by atoms with Crippen LogP contribution in [-0.4, -0.2) is 37.5 Å². The number of benzene rings is 2. The summed E-state index contributed by atoms with van der Waals surface area (Å²) in [6, 6.07) is 12.2. The van der Waals surface area contributed by atoms with Crippen molar-refractivity contribution in [2.45, 2.75) is 26.8 Å². The van der Waals surface area contributed by atoms with Crippen molar-refractivity contribution >= 4 is 23.4 Å². The predicted octanol–water partition coefficient (Wildman–Crippen LogP) is 3.21. The monoisotopic (exact) mass is 508 g/mol. The Balaban J connectivity index is 1.88. The summed E-state index contributed by atoms with van der Waals surface area (Å²) in [7, 11) is 1.31. The molecule has 1 aromatic heterocycles. The minimum Gasteiger partial charge on any atom is -0.494 e. The molecule has 0 saturated heterocycles. The van der Waals surface area contributed by atoms with Crippen LogP contribution in [0.3, 0.4) is 0 Å². The molecule has 1 atom stereocenters. The van der Waals surface area contributed by atoms with E-state index in [9.17, 15) is 9.59 Å². The van der Waals surface area contributed by atoms with E-state index >= 15 is 0 Å². The Hall–Kier alpha value is -3.85. The van der Waals surface area contributed by atoms with E-state index < -0.39 is 12.0 Å². The van der Waals surface area contributed by atoms with Gasteiger partial charge in [0.2, 0.25) is 0 Å². The lowest BCUT2D eigenvalue weighted by molar-refractivity contribution is -0.136. The van der Waals surface area contributed by atoms with Crippen molar-refractivity contribution in [3.63, 3.8) is 0 Å². The van der Waals surface area contributed by atoms with Crippen LogP contribution in [0.1, 0.15) is 37.9 Å². The van der Waals surface area contributed by atoms with E-state index in [1.165, 1.54) is 29.2 Å². The molecule has 0 spiro atoms. The standard InChI is InChI=1S/C27H28N2O6S/c1-5-33-19-10-8-9-17(13-19)14-23-25(30)29-24(20(26(31)32-4)16-28-27(29)36-23)18-11-12-21(34-6-2)22(15-18)35-7-3/h8-16,24H,5-7H2,1-4H3/b23-14+/t24-/m1/s1. The zero-order chi connectivity index (χ0) is 25.7. The molecule has 0 aliphatic carbocycles. The quantitative estimate of drug-likeness (QED) is 0.413. The summed E-state index contributed by atoms with van der Waals surface area (Å²) in [5.74, 6) is 1.29. The van der Waals surface area contributed by atoms with Crippen molar-refractivity contribution < 1.29 is 23.7 Å². The predicted molar refractivity (Wildman–Crippen MR) is 138 cm³/mol. The molecule has 1 aliphatic heterocycles. The molecule has 0 radical (unpaired) electrons. The summed E-state index contributed by atoms with van der Waals surface area (Å²) < 4.78 is 24.1. The highest BCUT2D eigenvalue weighted by molar-refractivity contribution is 7.07. The van der Waals surface area contributed by atoms with Crippen LogP contribution in [-0.2, 0) is 9.53 Å². The van der Waals surface area contributed by atoms with E-state index in [2.05, 4.69) is 4.99 Å². The summed E-state index contributed by atoms with van der Waals surface area (Å²) >= 11 is 1.26. The molecular weight excluding hydrogens is 480 g/mol. The number of methoxy groups -OCH3 is 1. The van der Waals surface area contributed by atoms with Gasteiger partial charge in [0.05, 0.1) is 43.1 Å². The Morgan fingerprint density at radius 3 is 2.50 bits per heavy atom. The third kappa shape index (κ3) is 5.06. The number of ether oxygens (including phenoxy) is 4. The first-order valence-electron chi connectivity index (χ1n) is 11.7. The lowest BCUT2D eigenvalue weighted by atomic mass is 9.97. The van der Waals surface area contributed by atoms with Crippen molar-refractivity contribution in [2.75, 3.05) is 26.9 Å². The number of carbonyl (C=O) groups is 1. The molecule has 36 heavy (non-hydrogen) atoms. The third-order valence-electron chi connectivity index (χ3n) is 5.47. The van der Waals surface area contributed by atoms with Crippen LogP contribution in [0, 0.1) is 0 Å². The number of nitrogens with zero attached hydrogens (tertiary/aromatic N) is 2. The second-order valence-corrected chi connectivity index (χ2v) is 8.76. The van der Waals surface area contributed by atoms with Gasteiger partial charge in [-0.1, -0.05) is 29.5 Å². The van der Waals surface area contributed by atoms with Crippen LogP contribution in [0.25, 0.3) is 6.08 Å². The Kier molecular flexibility index (Phi) is 7.90. The van der Waals surface area contributed by atoms with Crippen molar-refractivity contribution in [1.82, 2.24) is 4.57 Å². The summed E-state index contributed by atoms with van der Waals surface area (Å²) in [6.07, 6.45) is 3.27. The Morgan fingerprint density at radius 2 is 1.78 bits per heavy atom. The molecule has 2 heterocycles. The van der Waals surface area contributed by atoms with Crippen molar-refractivity contribution in [1.29, 1.82) is 0 Å². The average Bonchev–Trinajstić information content (AvgIpc) is 3.19. The number of esters is 1. The fraction of sp³-hybridized carbons (Fsp3) is 0.296. The van der Waals surface area contributed by atoms with Crippen LogP contribution in [0.15, 0.2) is 64.0 Å². The van der Waals surface area contributed by atoms with Gasteiger partial charge in [0.1, 0.15) is 5.75 Å². The van der Waals surface area contributed by atoms with E-state index in [0.717, 1.165) is 11.3 Å². The summed E-state index contributed by atoms with van der Waals surface area (Å²) in [4.78, 5) is 31.3. The van der Waals surface area contributed by atoms with Crippen molar-refractivity contribution in [3.05, 3.63) is 85.1 Å². The molecule has 3 aromatic rings. The molecule has 0 unspecified atom stereocenters. The normalized spacial score (nSPS) is 14.9. The number of aromatic nitrogens is 1. The highest BCUT2D eigenvalue weighted by Gasteiger charge is 2.31. The summed E-state index contributed by atoms with van der Waals surface area (Å²) in [6.45, 7) is 7.16. The first-order valence-corrected chi connectivity index (χ1v) is 12.5. The van der Waals surface area contributed by atoms with E-state index in [1.54, 1.807) is 18.2 Å². The van der Waals surface area contributed by atoms with Gasteiger partial charge in [-0.15, -0.1) is 0 Å². The lowest BCUT2D eigenvalue weighted by Gasteiger charge is -2.23. The second-order valence-electron chi connectivity index (χ2n) is 7.75. The average molecular weight is 509 g/mol. The molecule has 0 fully saturated rings. The fourth-order valence-corrected chi connectivity index (χ4v) is 4.97. The van der Waals surface area contributed by atoms with Gasteiger partial charge in [0, 0.05) is 6.20 Å². The van der Waals surface area contributed by atoms with Crippen LogP contribution < -0.4 is 29.1 Å². The summed E-state index contributed by atoms with van der Waals surface area (Å²) in [5.41, 5.74) is 1.50. The largest absolute Gasteiger partial charge is 0.494 e. The Morgan fingerprint density at radius 1 is 1.03 bits per heavy atom. The van der Waals surface area contributed by atoms with Gasteiger partial charge in [-0.2, -0.15) is 0 Å². The minimum atomic E-state index is -0.736. The molecule has 0 saturated carbocycles. The maximum Gasteiger partial charge on any atom is 0.337 e. The van der Waals surface area contributed by atoms with E-state index in [-0.39, 0.29) is 11.1 Å². The fourth-order valence-electron chi connectivity index (χ4n) is 4.00. The number of rotatable bonds is 9. The maximum atomic E-state index is 13.7. The van der Waals surface area contributed by atoms with Gasteiger partial charge in [0.15, 0.2) is 16.3 Å². The Labute approximate surface area is 212 Å². The highest BCUT2D eigenvalue weighted by Crippen LogP contribution is 2.35. The Bertz CT molecular complexity index is 1470. The molecule has 188 valence electrons. The molecule has 4 rings (SSSR count). The number of fused-ring (bicyclic) bond motifs is 1.